The minimum absolute atomic E-state index is 0.148. The minimum Gasteiger partial charge on any atom is -0.457 e. The van der Waals surface area contributed by atoms with Crippen molar-refractivity contribution in [1.29, 1.82) is 0 Å². The lowest BCUT2D eigenvalue weighted by Crippen LogP contribution is -2.35. The van der Waals surface area contributed by atoms with Crippen LogP contribution in [0.5, 0.6) is 0 Å². The van der Waals surface area contributed by atoms with E-state index >= 15 is 0 Å². The van der Waals surface area contributed by atoms with Gasteiger partial charge < -0.3 is 19.7 Å². The van der Waals surface area contributed by atoms with Gasteiger partial charge in [0.1, 0.15) is 24.4 Å². The van der Waals surface area contributed by atoms with Crippen LogP contribution < -0.4 is 0 Å². The molecule has 3 rings (SSSR count). The van der Waals surface area contributed by atoms with E-state index in [4.69, 9.17) is 9.47 Å². The summed E-state index contributed by atoms with van der Waals surface area (Å²) in [5.41, 5.74) is 0. The van der Waals surface area contributed by atoms with E-state index in [9.17, 15) is 15.0 Å². The fourth-order valence-electron chi connectivity index (χ4n) is 2.32. The fourth-order valence-corrected chi connectivity index (χ4v) is 3.07. The molecule has 0 unspecified atom stereocenters. The maximum absolute atomic E-state index is 11.0. The summed E-state index contributed by atoms with van der Waals surface area (Å²) in [6.45, 7) is 0. The summed E-state index contributed by atoms with van der Waals surface area (Å²) >= 11 is 1.40. The number of hydrogen-bond donors (Lipinski definition) is 2. The second-order valence-electron chi connectivity index (χ2n) is 4.25. The number of aliphatic hydroxyl groups is 2. The molecule has 1 aromatic heterocycles. The molecule has 0 spiro atoms. The fraction of sp³-hybridized carbons (Fsp3) is 0.545. The van der Waals surface area contributed by atoms with E-state index in [0.29, 0.717) is 0 Å². The predicted molar refractivity (Wildman–Crippen MR) is 58.4 cm³/mol. The Kier molecular flexibility index (Phi) is 2.67. The monoisotopic (exact) mass is 256 g/mol. The Morgan fingerprint density at radius 3 is 3.00 bits per heavy atom. The first kappa shape index (κ1) is 11.2. The van der Waals surface area contributed by atoms with Gasteiger partial charge in [0, 0.05) is 4.88 Å². The predicted octanol–water partition coefficient (Wildman–Crippen LogP) is 0.225. The number of aliphatic hydroxyl groups excluding tert-OH is 2. The second-order valence-corrected chi connectivity index (χ2v) is 5.23. The van der Waals surface area contributed by atoms with Crippen molar-refractivity contribution >= 4 is 17.3 Å². The average Bonchev–Trinajstić information content (AvgIpc) is 2.96. The zero-order valence-corrected chi connectivity index (χ0v) is 9.67. The maximum atomic E-state index is 11.0. The second kappa shape index (κ2) is 4.06. The summed E-state index contributed by atoms with van der Waals surface area (Å²) in [6, 6.07) is 3.61. The van der Waals surface area contributed by atoms with Crippen molar-refractivity contribution in [3.8, 4) is 0 Å². The van der Waals surface area contributed by atoms with Crippen LogP contribution in [-0.4, -0.2) is 40.6 Å². The van der Waals surface area contributed by atoms with Crippen LogP contribution in [0.2, 0.25) is 0 Å². The van der Waals surface area contributed by atoms with Crippen molar-refractivity contribution < 1.29 is 24.5 Å². The van der Waals surface area contributed by atoms with Crippen LogP contribution in [0, 0.1) is 0 Å². The highest BCUT2D eigenvalue weighted by atomic mass is 32.1. The first-order chi connectivity index (χ1) is 8.16. The quantitative estimate of drug-likeness (QED) is 0.741. The van der Waals surface area contributed by atoms with E-state index in [-0.39, 0.29) is 12.4 Å². The van der Waals surface area contributed by atoms with Gasteiger partial charge >= 0.3 is 5.97 Å². The zero-order valence-electron chi connectivity index (χ0n) is 8.85. The highest BCUT2D eigenvalue weighted by Crippen LogP contribution is 2.37. The molecule has 2 aliphatic rings. The van der Waals surface area contributed by atoms with Crippen molar-refractivity contribution in [3.05, 3.63) is 22.4 Å². The Hall–Kier alpha value is -0.950. The molecule has 5 nitrogen and oxygen atoms in total. The van der Waals surface area contributed by atoms with Crippen LogP contribution >= 0.6 is 11.3 Å². The van der Waals surface area contributed by atoms with Gasteiger partial charge in [-0.3, -0.25) is 4.79 Å². The number of ether oxygens (including phenoxy) is 2. The topological polar surface area (TPSA) is 76.0 Å². The number of carbonyl (C=O) groups is 1. The van der Waals surface area contributed by atoms with Crippen LogP contribution in [0.4, 0.5) is 0 Å². The van der Waals surface area contributed by atoms with E-state index in [1.165, 1.54) is 11.3 Å². The Balaban J connectivity index is 1.77. The summed E-state index contributed by atoms with van der Waals surface area (Å²) in [6.07, 6.45) is -3.50. The molecular weight excluding hydrogens is 244 g/mol. The van der Waals surface area contributed by atoms with Gasteiger partial charge in [-0.2, -0.15) is 0 Å². The van der Waals surface area contributed by atoms with Gasteiger partial charge in [-0.25, -0.2) is 0 Å². The molecule has 0 aromatic carbocycles. The number of thiophene rings is 1. The number of esters is 1. The molecule has 1 aromatic rings. The molecule has 2 saturated heterocycles. The lowest BCUT2D eigenvalue weighted by Gasteiger charge is -2.21. The van der Waals surface area contributed by atoms with Crippen LogP contribution in [0.3, 0.4) is 0 Å². The van der Waals surface area contributed by atoms with E-state index in [2.05, 4.69) is 0 Å². The summed E-state index contributed by atoms with van der Waals surface area (Å²) in [4.78, 5) is 11.8. The molecule has 6 heteroatoms. The van der Waals surface area contributed by atoms with Gasteiger partial charge in [0.15, 0.2) is 6.10 Å². The molecule has 0 radical (unpaired) electrons. The van der Waals surface area contributed by atoms with Crippen LogP contribution in [0.25, 0.3) is 0 Å². The van der Waals surface area contributed by atoms with Gasteiger partial charge in [-0.15, -0.1) is 11.3 Å². The average molecular weight is 256 g/mol. The Labute approximate surface area is 102 Å². The first-order valence-electron chi connectivity index (χ1n) is 5.41. The van der Waals surface area contributed by atoms with Gasteiger partial charge in [0.05, 0.1) is 6.42 Å². The molecule has 0 bridgehead atoms. The van der Waals surface area contributed by atoms with Gasteiger partial charge in [-0.1, -0.05) is 6.07 Å². The molecule has 17 heavy (non-hydrogen) atoms. The lowest BCUT2D eigenvalue weighted by molar-refractivity contribution is -0.147. The van der Waals surface area contributed by atoms with Crippen LogP contribution in [-0.2, 0) is 14.3 Å². The smallest absolute Gasteiger partial charge is 0.309 e. The molecule has 5 atom stereocenters. The first-order valence-corrected chi connectivity index (χ1v) is 6.29. The van der Waals surface area contributed by atoms with Crippen LogP contribution in [0.15, 0.2) is 17.5 Å². The van der Waals surface area contributed by atoms with Crippen LogP contribution in [0.1, 0.15) is 17.4 Å². The highest BCUT2D eigenvalue weighted by molar-refractivity contribution is 7.10. The Bertz CT molecular complexity index is 418. The zero-order chi connectivity index (χ0) is 12.0. The molecule has 92 valence electrons. The summed E-state index contributed by atoms with van der Waals surface area (Å²) in [5.74, 6) is -0.358. The molecule has 0 saturated carbocycles. The highest BCUT2D eigenvalue weighted by Gasteiger charge is 2.53. The minimum atomic E-state index is -0.969. The van der Waals surface area contributed by atoms with E-state index in [1.54, 1.807) is 6.07 Å². The Morgan fingerprint density at radius 1 is 1.53 bits per heavy atom. The van der Waals surface area contributed by atoms with E-state index < -0.39 is 30.5 Å². The van der Waals surface area contributed by atoms with Crippen molar-refractivity contribution in [2.24, 2.45) is 0 Å². The normalized spacial score (nSPS) is 37.9. The van der Waals surface area contributed by atoms with Gasteiger partial charge in [0.25, 0.3) is 0 Å². The summed E-state index contributed by atoms with van der Waals surface area (Å²) in [7, 11) is 0. The molecular formula is C11H12O5S. The number of hydrogen-bond acceptors (Lipinski definition) is 6. The SMILES string of the molecule is O=C1C[C@H]2O[C@H]([C@H](O)c3cccs3)[C@H](O)[C@H]2O1. The molecule has 2 aliphatic heterocycles. The molecule has 2 fully saturated rings. The van der Waals surface area contributed by atoms with Gasteiger partial charge in [0.2, 0.25) is 0 Å². The third kappa shape index (κ3) is 1.77. The van der Waals surface area contributed by atoms with Crippen molar-refractivity contribution in [2.45, 2.75) is 36.9 Å². The molecule has 0 aliphatic carbocycles. The lowest BCUT2D eigenvalue weighted by atomic mass is 10.0. The summed E-state index contributed by atoms with van der Waals surface area (Å²) < 4.78 is 10.5. The maximum Gasteiger partial charge on any atom is 0.309 e. The van der Waals surface area contributed by atoms with Crippen molar-refractivity contribution in [3.63, 3.8) is 0 Å². The van der Waals surface area contributed by atoms with Crippen molar-refractivity contribution in [1.82, 2.24) is 0 Å². The number of fused-ring (bicyclic) bond motifs is 1. The largest absolute Gasteiger partial charge is 0.457 e. The molecule has 2 N–H and O–H groups in total. The standard InChI is InChI=1S/C11H12O5S/c12-7-4-5-10(16-7)9(14)11(15-5)8(13)6-2-1-3-17-6/h1-3,5,8-11,13-14H,4H2/t5-,8-,9-,10+,11-/m1/s1. The number of rotatable bonds is 2. The third-order valence-corrected chi connectivity index (χ3v) is 4.10. The third-order valence-electron chi connectivity index (χ3n) is 3.15. The van der Waals surface area contributed by atoms with E-state index in [0.717, 1.165) is 4.88 Å². The summed E-state index contributed by atoms with van der Waals surface area (Å²) in [5, 5.41) is 21.9. The van der Waals surface area contributed by atoms with Gasteiger partial charge in [-0.05, 0) is 11.4 Å². The molecule has 3 heterocycles. The van der Waals surface area contributed by atoms with E-state index in [1.807, 2.05) is 11.4 Å². The number of carbonyl (C=O) groups excluding carboxylic acids is 1. The Morgan fingerprint density at radius 2 is 2.35 bits per heavy atom. The molecule has 0 amide bonds. The van der Waals surface area contributed by atoms with Crippen molar-refractivity contribution in [2.75, 3.05) is 0 Å².